The van der Waals surface area contributed by atoms with Crippen molar-refractivity contribution in [2.75, 3.05) is 25.0 Å². The summed E-state index contributed by atoms with van der Waals surface area (Å²) in [5, 5.41) is 5.42. The molecule has 0 spiro atoms. The van der Waals surface area contributed by atoms with Gasteiger partial charge >= 0.3 is 6.03 Å². The van der Waals surface area contributed by atoms with Crippen molar-refractivity contribution in [1.82, 2.24) is 10.2 Å². The molecule has 0 aliphatic carbocycles. The van der Waals surface area contributed by atoms with Crippen molar-refractivity contribution in [2.45, 2.75) is 0 Å². The maximum Gasteiger partial charge on any atom is 0.322 e. The monoisotopic (exact) mass is 297 g/mol. The lowest BCUT2D eigenvalue weighted by Crippen LogP contribution is -2.51. The Labute approximate surface area is 107 Å². The number of piperazine rings is 1. The second kappa shape index (κ2) is 5.18. The fourth-order valence-electron chi connectivity index (χ4n) is 1.55. The number of hydrogen-bond donors (Lipinski definition) is 2. The number of urea groups is 1. The Bertz CT molecular complexity index is 433. The van der Waals surface area contributed by atoms with Crippen molar-refractivity contribution in [1.29, 1.82) is 0 Å². The number of benzene rings is 1. The fourth-order valence-corrected chi connectivity index (χ4v) is 1.81. The van der Waals surface area contributed by atoms with Crippen LogP contribution in [0, 0.1) is 0 Å². The molecule has 1 fully saturated rings. The van der Waals surface area contributed by atoms with Crippen molar-refractivity contribution in [2.24, 2.45) is 0 Å². The topological polar surface area (TPSA) is 61.4 Å². The third-order valence-corrected chi connectivity index (χ3v) is 2.95. The Morgan fingerprint density at radius 2 is 2.06 bits per heavy atom. The molecule has 1 aliphatic rings. The first kappa shape index (κ1) is 11.9. The molecule has 1 aliphatic heterocycles. The molecule has 1 aromatic carbocycles. The molecule has 3 amide bonds. The van der Waals surface area contributed by atoms with E-state index in [1.54, 1.807) is 12.1 Å². The smallest absolute Gasteiger partial charge is 0.322 e. The second-order valence-electron chi connectivity index (χ2n) is 3.71. The summed E-state index contributed by atoms with van der Waals surface area (Å²) in [4.78, 5) is 24.4. The summed E-state index contributed by atoms with van der Waals surface area (Å²) >= 11 is 3.32. The Hall–Kier alpha value is -1.56. The number of hydrogen-bond acceptors (Lipinski definition) is 2. The number of amides is 3. The average Bonchev–Trinajstić information content (AvgIpc) is 2.32. The van der Waals surface area contributed by atoms with Crippen LogP contribution in [0.25, 0.3) is 0 Å². The largest absolute Gasteiger partial charge is 0.353 e. The van der Waals surface area contributed by atoms with Crippen molar-refractivity contribution < 1.29 is 9.59 Å². The number of nitrogens with one attached hydrogen (secondary N) is 2. The van der Waals surface area contributed by atoms with Gasteiger partial charge in [-0.2, -0.15) is 0 Å². The van der Waals surface area contributed by atoms with Crippen LogP contribution in [0.3, 0.4) is 0 Å². The maximum absolute atomic E-state index is 11.8. The fraction of sp³-hybridized carbons (Fsp3) is 0.273. The molecule has 1 aromatic rings. The van der Waals surface area contributed by atoms with Crippen molar-refractivity contribution >= 4 is 33.6 Å². The van der Waals surface area contributed by atoms with E-state index in [1.807, 2.05) is 12.1 Å². The molecular weight excluding hydrogens is 286 g/mol. The highest BCUT2D eigenvalue weighted by molar-refractivity contribution is 9.10. The van der Waals surface area contributed by atoms with Crippen molar-refractivity contribution in [3.63, 3.8) is 0 Å². The highest BCUT2D eigenvalue weighted by Gasteiger charge is 2.20. The predicted octanol–water partition coefficient (Wildman–Crippen LogP) is 1.41. The van der Waals surface area contributed by atoms with Crippen LogP contribution in [0.1, 0.15) is 0 Å². The van der Waals surface area contributed by atoms with E-state index in [0.717, 1.165) is 4.47 Å². The number of anilines is 1. The summed E-state index contributed by atoms with van der Waals surface area (Å²) in [6.07, 6.45) is 0. The molecular formula is C11H12BrN3O2. The van der Waals surface area contributed by atoms with Crippen LogP contribution in [0.15, 0.2) is 28.7 Å². The highest BCUT2D eigenvalue weighted by Crippen LogP contribution is 2.14. The van der Waals surface area contributed by atoms with E-state index in [1.165, 1.54) is 4.90 Å². The van der Waals surface area contributed by atoms with E-state index < -0.39 is 0 Å². The van der Waals surface area contributed by atoms with E-state index in [-0.39, 0.29) is 18.5 Å². The first-order chi connectivity index (χ1) is 8.15. The standard InChI is InChI=1S/C11H12BrN3O2/c12-8-1-3-9(4-2-8)14-11(17)15-6-5-13-10(16)7-15/h1-4H,5-7H2,(H,13,16)(H,14,17). The molecule has 2 N–H and O–H groups in total. The highest BCUT2D eigenvalue weighted by atomic mass is 79.9. The van der Waals surface area contributed by atoms with Gasteiger partial charge in [-0.15, -0.1) is 0 Å². The number of rotatable bonds is 1. The normalized spacial score (nSPS) is 15.4. The number of carbonyl (C=O) groups is 2. The van der Waals surface area contributed by atoms with E-state index in [4.69, 9.17) is 0 Å². The minimum atomic E-state index is -0.248. The average molecular weight is 298 g/mol. The van der Waals surface area contributed by atoms with Crippen LogP contribution in [-0.2, 0) is 4.79 Å². The lowest BCUT2D eigenvalue weighted by Gasteiger charge is -2.26. The molecule has 0 bridgehead atoms. The molecule has 17 heavy (non-hydrogen) atoms. The Balaban J connectivity index is 1.96. The molecule has 0 saturated carbocycles. The van der Waals surface area contributed by atoms with Crippen LogP contribution in [0.4, 0.5) is 10.5 Å². The van der Waals surface area contributed by atoms with Crippen LogP contribution in [-0.4, -0.2) is 36.5 Å². The van der Waals surface area contributed by atoms with E-state index in [0.29, 0.717) is 18.8 Å². The zero-order valence-electron chi connectivity index (χ0n) is 9.07. The zero-order valence-corrected chi connectivity index (χ0v) is 10.7. The molecule has 6 heteroatoms. The third-order valence-electron chi connectivity index (χ3n) is 2.42. The van der Waals surface area contributed by atoms with E-state index in [2.05, 4.69) is 26.6 Å². The Morgan fingerprint density at radius 1 is 1.35 bits per heavy atom. The van der Waals surface area contributed by atoms with Gasteiger partial charge in [-0.1, -0.05) is 15.9 Å². The van der Waals surface area contributed by atoms with Crippen LogP contribution >= 0.6 is 15.9 Å². The predicted molar refractivity (Wildman–Crippen MR) is 67.7 cm³/mol. The lowest BCUT2D eigenvalue weighted by molar-refractivity contribution is -0.123. The number of nitrogens with zero attached hydrogens (tertiary/aromatic N) is 1. The van der Waals surface area contributed by atoms with Gasteiger partial charge in [0, 0.05) is 23.2 Å². The quantitative estimate of drug-likeness (QED) is 0.823. The first-order valence-electron chi connectivity index (χ1n) is 5.23. The van der Waals surface area contributed by atoms with E-state index in [9.17, 15) is 9.59 Å². The van der Waals surface area contributed by atoms with Crippen molar-refractivity contribution in [3.8, 4) is 0 Å². The molecule has 0 atom stereocenters. The second-order valence-corrected chi connectivity index (χ2v) is 4.62. The molecule has 5 nitrogen and oxygen atoms in total. The molecule has 0 radical (unpaired) electrons. The number of carbonyl (C=O) groups excluding carboxylic acids is 2. The van der Waals surface area contributed by atoms with Crippen LogP contribution in [0.5, 0.6) is 0 Å². The summed E-state index contributed by atoms with van der Waals surface area (Å²) in [5.41, 5.74) is 0.712. The van der Waals surface area contributed by atoms with Gasteiger partial charge < -0.3 is 15.5 Å². The summed E-state index contributed by atoms with van der Waals surface area (Å²) in [6, 6.07) is 7.04. The third kappa shape index (κ3) is 3.20. The summed E-state index contributed by atoms with van der Waals surface area (Å²) in [5.74, 6) is -0.123. The lowest BCUT2D eigenvalue weighted by atomic mass is 10.3. The maximum atomic E-state index is 11.8. The van der Waals surface area contributed by atoms with Gasteiger partial charge in [0.05, 0.1) is 0 Å². The minimum absolute atomic E-state index is 0.113. The molecule has 2 rings (SSSR count). The van der Waals surface area contributed by atoms with Gasteiger partial charge in [0.2, 0.25) is 5.91 Å². The van der Waals surface area contributed by atoms with Gasteiger partial charge in [0.15, 0.2) is 0 Å². The van der Waals surface area contributed by atoms with Crippen LogP contribution < -0.4 is 10.6 Å². The molecule has 0 unspecified atom stereocenters. The van der Waals surface area contributed by atoms with Gasteiger partial charge in [-0.25, -0.2) is 4.79 Å². The molecule has 0 aromatic heterocycles. The SMILES string of the molecule is O=C1CN(C(=O)Nc2ccc(Br)cc2)CCN1. The van der Waals surface area contributed by atoms with Gasteiger partial charge in [-0.3, -0.25) is 4.79 Å². The molecule has 1 heterocycles. The summed E-state index contributed by atoms with van der Waals surface area (Å²) in [7, 11) is 0. The number of halogens is 1. The summed E-state index contributed by atoms with van der Waals surface area (Å²) < 4.78 is 0.952. The molecule has 1 saturated heterocycles. The zero-order chi connectivity index (χ0) is 12.3. The van der Waals surface area contributed by atoms with Gasteiger partial charge in [0.1, 0.15) is 6.54 Å². The van der Waals surface area contributed by atoms with Gasteiger partial charge in [-0.05, 0) is 24.3 Å². The van der Waals surface area contributed by atoms with Crippen LogP contribution in [0.2, 0.25) is 0 Å². The Morgan fingerprint density at radius 3 is 2.71 bits per heavy atom. The summed E-state index contributed by atoms with van der Waals surface area (Å²) in [6.45, 7) is 1.16. The van der Waals surface area contributed by atoms with Crippen molar-refractivity contribution in [3.05, 3.63) is 28.7 Å². The van der Waals surface area contributed by atoms with Gasteiger partial charge in [0.25, 0.3) is 0 Å². The minimum Gasteiger partial charge on any atom is -0.353 e. The molecule has 90 valence electrons. The van der Waals surface area contributed by atoms with E-state index >= 15 is 0 Å². The Kier molecular flexibility index (Phi) is 3.63. The first-order valence-corrected chi connectivity index (χ1v) is 6.02.